The molecule has 0 saturated heterocycles. The second-order valence-corrected chi connectivity index (χ2v) is 17.6. The summed E-state index contributed by atoms with van der Waals surface area (Å²) in [5.41, 5.74) is 6.29. The molecule has 5 aromatic carbocycles. The number of hydrogen-bond donors (Lipinski definition) is 1. The van der Waals surface area contributed by atoms with E-state index in [0.717, 1.165) is 0 Å². The van der Waals surface area contributed by atoms with Gasteiger partial charge in [-0.1, -0.05) is 148 Å². The quantitative estimate of drug-likeness (QED) is 0.192. The van der Waals surface area contributed by atoms with Gasteiger partial charge < -0.3 is 10.2 Å². The molecule has 0 aliphatic carbocycles. The zero-order chi connectivity index (χ0) is 30.9. The molecule has 222 valence electrons. The first kappa shape index (κ1) is 30.3. The van der Waals surface area contributed by atoms with Gasteiger partial charge in [-0.3, -0.25) is 0 Å². The molecular formula is C40H42N2P2. The van der Waals surface area contributed by atoms with Crippen molar-refractivity contribution in [3.63, 3.8) is 0 Å². The fourth-order valence-electron chi connectivity index (χ4n) is 5.84. The molecule has 44 heavy (non-hydrogen) atoms. The summed E-state index contributed by atoms with van der Waals surface area (Å²) in [6, 6.07) is 51.5. The Morgan fingerprint density at radius 3 is 1.30 bits per heavy atom. The van der Waals surface area contributed by atoms with E-state index in [1.807, 2.05) is 0 Å². The zero-order valence-electron chi connectivity index (χ0n) is 26.6. The van der Waals surface area contributed by atoms with Crippen LogP contribution in [0.5, 0.6) is 0 Å². The molecule has 0 bridgehead atoms. The van der Waals surface area contributed by atoms with Crippen LogP contribution in [0.15, 0.2) is 150 Å². The van der Waals surface area contributed by atoms with E-state index in [0.29, 0.717) is 0 Å². The standard InChI is InChI=1S/C40H42N2P2/c1-39(2,3)30-27-28-35-36(29-30)42(40(4,5)6)38(44(33-23-15-9-16-24-33)34-25-17-10-18-26-34)37(41-35)43(31-19-11-7-12-20-31)32-21-13-8-14-22-32/h7-29,41H,1-6H3. The van der Waals surface area contributed by atoms with E-state index < -0.39 is 15.8 Å². The Balaban J connectivity index is 1.74. The van der Waals surface area contributed by atoms with Gasteiger partial charge in [0, 0.05) is 21.4 Å². The first-order valence-electron chi connectivity index (χ1n) is 15.4. The highest BCUT2D eigenvalue weighted by Crippen LogP contribution is 2.60. The highest BCUT2D eigenvalue weighted by atomic mass is 31.1. The predicted molar refractivity (Wildman–Crippen MR) is 196 cm³/mol. The molecule has 6 rings (SSSR count). The summed E-state index contributed by atoms with van der Waals surface area (Å²) in [7, 11) is -1.84. The average molecular weight is 613 g/mol. The molecule has 0 spiro atoms. The van der Waals surface area contributed by atoms with Crippen molar-refractivity contribution in [1.29, 1.82) is 0 Å². The van der Waals surface area contributed by atoms with Crippen molar-refractivity contribution in [1.82, 2.24) is 0 Å². The topological polar surface area (TPSA) is 15.3 Å². The molecular weight excluding hydrogens is 570 g/mol. The van der Waals surface area contributed by atoms with Crippen LogP contribution >= 0.6 is 15.8 Å². The number of anilines is 2. The van der Waals surface area contributed by atoms with Gasteiger partial charge >= 0.3 is 0 Å². The molecule has 1 heterocycles. The Kier molecular flexibility index (Phi) is 8.52. The monoisotopic (exact) mass is 612 g/mol. The lowest BCUT2D eigenvalue weighted by molar-refractivity contribution is 0.547. The molecule has 4 heteroatoms. The van der Waals surface area contributed by atoms with Crippen LogP contribution in [-0.2, 0) is 5.41 Å². The van der Waals surface area contributed by atoms with E-state index >= 15 is 0 Å². The van der Waals surface area contributed by atoms with Gasteiger partial charge in [0.1, 0.15) is 0 Å². The first-order valence-corrected chi connectivity index (χ1v) is 18.1. The highest BCUT2D eigenvalue weighted by Gasteiger charge is 2.41. The Hall–Kier alpha value is -3.70. The first-order chi connectivity index (χ1) is 21.1. The van der Waals surface area contributed by atoms with Crippen LogP contribution in [0.3, 0.4) is 0 Å². The Morgan fingerprint density at radius 1 is 0.500 bits per heavy atom. The summed E-state index contributed by atoms with van der Waals surface area (Å²) in [6.45, 7) is 14.0. The molecule has 2 nitrogen and oxygen atoms in total. The molecule has 1 aliphatic rings. The smallest absolute Gasteiger partial charge is 0.0758 e. The van der Waals surface area contributed by atoms with Gasteiger partial charge in [0.15, 0.2) is 0 Å². The molecule has 0 aromatic heterocycles. The number of fused-ring (bicyclic) bond motifs is 1. The fourth-order valence-corrected chi connectivity index (χ4v) is 11.3. The van der Waals surface area contributed by atoms with Crippen LogP contribution in [0.1, 0.15) is 47.1 Å². The Bertz CT molecular complexity index is 1660. The Morgan fingerprint density at radius 2 is 0.909 bits per heavy atom. The van der Waals surface area contributed by atoms with Crippen molar-refractivity contribution in [3.8, 4) is 0 Å². The minimum atomic E-state index is -0.928. The van der Waals surface area contributed by atoms with Crippen molar-refractivity contribution in [2.45, 2.75) is 52.5 Å². The summed E-state index contributed by atoms with van der Waals surface area (Å²) in [5, 5.41) is 9.51. The van der Waals surface area contributed by atoms with Crippen LogP contribution < -0.4 is 31.4 Å². The lowest BCUT2D eigenvalue weighted by Gasteiger charge is -2.48. The zero-order valence-corrected chi connectivity index (χ0v) is 28.4. The minimum absolute atomic E-state index is 0.0348. The highest BCUT2D eigenvalue weighted by molar-refractivity contribution is 7.80. The van der Waals surface area contributed by atoms with Crippen LogP contribution in [0.2, 0.25) is 0 Å². The maximum atomic E-state index is 4.13. The fraction of sp³-hybridized carbons (Fsp3) is 0.200. The van der Waals surface area contributed by atoms with Crippen molar-refractivity contribution < 1.29 is 0 Å². The number of nitrogens with zero attached hydrogens (tertiary/aromatic N) is 1. The van der Waals surface area contributed by atoms with Gasteiger partial charge in [0.25, 0.3) is 0 Å². The molecule has 0 saturated carbocycles. The van der Waals surface area contributed by atoms with Gasteiger partial charge in [-0.25, -0.2) is 0 Å². The van der Waals surface area contributed by atoms with Crippen LogP contribution in [0.25, 0.3) is 0 Å². The molecule has 1 N–H and O–H groups in total. The maximum Gasteiger partial charge on any atom is 0.0758 e. The third-order valence-electron chi connectivity index (χ3n) is 7.95. The van der Waals surface area contributed by atoms with Gasteiger partial charge in [0.2, 0.25) is 0 Å². The van der Waals surface area contributed by atoms with E-state index in [-0.39, 0.29) is 11.0 Å². The third-order valence-corrected chi connectivity index (χ3v) is 13.0. The van der Waals surface area contributed by atoms with Crippen LogP contribution in [-0.4, -0.2) is 5.54 Å². The van der Waals surface area contributed by atoms with E-state index in [1.165, 1.54) is 49.0 Å². The van der Waals surface area contributed by atoms with Crippen LogP contribution in [0, 0.1) is 0 Å². The normalized spacial score (nSPS) is 13.7. The minimum Gasteiger partial charge on any atom is -0.351 e. The third kappa shape index (κ3) is 6.12. The van der Waals surface area contributed by atoms with E-state index in [4.69, 9.17) is 0 Å². The average Bonchev–Trinajstić information content (AvgIpc) is 3.02. The van der Waals surface area contributed by atoms with Crippen molar-refractivity contribution in [3.05, 3.63) is 156 Å². The molecule has 1 aliphatic heterocycles. The molecule has 0 unspecified atom stereocenters. The number of rotatable bonds is 6. The van der Waals surface area contributed by atoms with Gasteiger partial charge in [-0.05, 0) is 65.1 Å². The van der Waals surface area contributed by atoms with Crippen molar-refractivity contribution >= 4 is 48.4 Å². The lowest BCUT2D eigenvalue weighted by atomic mass is 9.86. The number of benzene rings is 5. The molecule has 0 radical (unpaired) electrons. The lowest BCUT2D eigenvalue weighted by Crippen LogP contribution is -2.45. The summed E-state index contributed by atoms with van der Waals surface area (Å²) in [5.74, 6) is 0. The molecule has 5 aromatic rings. The van der Waals surface area contributed by atoms with E-state index in [9.17, 15) is 0 Å². The largest absolute Gasteiger partial charge is 0.351 e. The SMILES string of the molecule is CC(C)(C)c1ccc2c(c1)N(C(C)(C)C)C(P(c1ccccc1)c1ccccc1)=C(P(c1ccccc1)c1ccccc1)N2. The number of nitrogens with one attached hydrogen (secondary N) is 1. The van der Waals surface area contributed by atoms with E-state index in [1.54, 1.807) is 0 Å². The summed E-state index contributed by atoms with van der Waals surface area (Å²) in [6.07, 6.45) is 0. The molecule has 0 atom stereocenters. The maximum absolute atomic E-state index is 4.13. The van der Waals surface area contributed by atoms with Gasteiger partial charge in [-0.15, -0.1) is 0 Å². The summed E-state index contributed by atoms with van der Waals surface area (Å²) < 4.78 is 0. The van der Waals surface area contributed by atoms with Crippen molar-refractivity contribution in [2.24, 2.45) is 0 Å². The number of hydrogen-bond acceptors (Lipinski definition) is 2. The van der Waals surface area contributed by atoms with Gasteiger partial charge in [0.05, 0.1) is 22.3 Å². The summed E-state index contributed by atoms with van der Waals surface area (Å²) in [4.78, 5) is 2.68. The molecule has 0 fully saturated rings. The van der Waals surface area contributed by atoms with E-state index in [2.05, 4.69) is 191 Å². The second kappa shape index (κ2) is 12.4. The van der Waals surface area contributed by atoms with Crippen molar-refractivity contribution in [2.75, 3.05) is 10.2 Å². The summed E-state index contributed by atoms with van der Waals surface area (Å²) >= 11 is 0. The second-order valence-electron chi connectivity index (χ2n) is 13.3. The van der Waals surface area contributed by atoms with Crippen LogP contribution in [0.4, 0.5) is 11.4 Å². The van der Waals surface area contributed by atoms with Gasteiger partial charge in [-0.2, -0.15) is 0 Å². The Labute approximate surface area is 266 Å². The molecule has 0 amide bonds. The predicted octanol–water partition coefficient (Wildman–Crippen LogP) is 9.41.